The highest BCUT2D eigenvalue weighted by atomic mass is 35.5. The zero-order valence-electron chi connectivity index (χ0n) is 17.4. The molecular formula is C26H18ClNO5. The molecule has 2 heterocycles. The van der Waals surface area contributed by atoms with E-state index in [1.54, 1.807) is 54.6 Å². The Morgan fingerprint density at radius 1 is 1.00 bits per heavy atom. The van der Waals surface area contributed by atoms with Crippen LogP contribution in [0.4, 0.5) is 5.69 Å². The van der Waals surface area contributed by atoms with E-state index >= 15 is 0 Å². The molecule has 6 nitrogen and oxygen atoms in total. The average molecular weight is 460 g/mol. The first-order chi connectivity index (χ1) is 15.8. The van der Waals surface area contributed by atoms with Gasteiger partial charge in [-0.15, -0.1) is 0 Å². The van der Waals surface area contributed by atoms with Gasteiger partial charge in [-0.2, -0.15) is 0 Å². The Labute approximate surface area is 193 Å². The van der Waals surface area contributed by atoms with Gasteiger partial charge in [-0.3, -0.25) is 14.5 Å². The molecule has 0 saturated heterocycles. The van der Waals surface area contributed by atoms with Crippen molar-refractivity contribution in [2.24, 2.45) is 0 Å². The van der Waals surface area contributed by atoms with Crippen molar-refractivity contribution in [1.82, 2.24) is 0 Å². The fraction of sp³-hybridized carbons (Fsp3) is 0.0769. The molecule has 0 spiro atoms. The predicted octanol–water partition coefficient (Wildman–Crippen LogP) is 5.88. The maximum Gasteiger partial charge on any atom is 0.294 e. The second kappa shape index (κ2) is 7.83. The molecule has 33 heavy (non-hydrogen) atoms. The SMILES string of the molecule is Cc1ccc(O)c(N2C(=O)C(O)=C(C(=O)c3cc4cc(Cl)ccc4o3)C2c2ccccc2)c1. The molecule has 164 valence electrons. The minimum Gasteiger partial charge on any atom is -0.506 e. The largest absolute Gasteiger partial charge is 0.506 e. The normalized spacial score (nSPS) is 16.1. The Bertz CT molecular complexity index is 1450. The fourth-order valence-electron chi connectivity index (χ4n) is 4.12. The highest BCUT2D eigenvalue weighted by Crippen LogP contribution is 2.45. The van der Waals surface area contributed by atoms with Gasteiger partial charge in [0, 0.05) is 10.4 Å². The Balaban J connectivity index is 1.68. The number of aliphatic hydroxyl groups is 1. The molecule has 3 aromatic carbocycles. The monoisotopic (exact) mass is 459 g/mol. The lowest BCUT2D eigenvalue weighted by atomic mass is 9.94. The number of hydrogen-bond acceptors (Lipinski definition) is 5. The molecule has 1 unspecified atom stereocenters. The number of phenols is 1. The summed E-state index contributed by atoms with van der Waals surface area (Å²) in [7, 11) is 0. The zero-order chi connectivity index (χ0) is 23.3. The molecule has 1 aromatic heterocycles. The van der Waals surface area contributed by atoms with Gasteiger partial charge in [-0.25, -0.2) is 0 Å². The number of fused-ring (bicyclic) bond motifs is 1. The van der Waals surface area contributed by atoms with Gasteiger partial charge in [0.2, 0.25) is 5.78 Å². The van der Waals surface area contributed by atoms with E-state index < -0.39 is 23.5 Å². The number of carbonyl (C=O) groups excluding carboxylic acids is 2. The first kappa shape index (κ1) is 20.8. The Hall–Kier alpha value is -4.03. The van der Waals surface area contributed by atoms with Gasteiger partial charge in [-0.05, 0) is 54.4 Å². The average Bonchev–Trinajstić information content (AvgIpc) is 3.34. The van der Waals surface area contributed by atoms with Crippen LogP contribution in [0.2, 0.25) is 5.02 Å². The molecule has 0 saturated carbocycles. The molecule has 5 rings (SSSR count). The third kappa shape index (κ3) is 3.45. The summed E-state index contributed by atoms with van der Waals surface area (Å²) >= 11 is 6.04. The Kier molecular flexibility index (Phi) is 4.95. The van der Waals surface area contributed by atoms with E-state index in [1.165, 1.54) is 17.0 Å². The minimum atomic E-state index is -0.962. The topological polar surface area (TPSA) is 91.0 Å². The third-order valence-electron chi connectivity index (χ3n) is 5.66. The van der Waals surface area contributed by atoms with Gasteiger partial charge in [-0.1, -0.05) is 48.0 Å². The van der Waals surface area contributed by atoms with Crippen LogP contribution in [0.5, 0.6) is 5.75 Å². The number of phenolic OH excluding ortho intramolecular Hbond substituents is 1. The van der Waals surface area contributed by atoms with Gasteiger partial charge in [0.25, 0.3) is 5.91 Å². The van der Waals surface area contributed by atoms with Crippen molar-refractivity contribution in [2.45, 2.75) is 13.0 Å². The van der Waals surface area contributed by atoms with E-state index in [1.807, 2.05) is 13.0 Å². The lowest BCUT2D eigenvalue weighted by molar-refractivity contribution is -0.117. The minimum absolute atomic E-state index is 0.0298. The molecule has 0 aliphatic carbocycles. The predicted molar refractivity (Wildman–Crippen MR) is 125 cm³/mol. The summed E-state index contributed by atoms with van der Waals surface area (Å²) in [6.07, 6.45) is 0. The van der Waals surface area contributed by atoms with Crippen LogP contribution < -0.4 is 4.90 Å². The van der Waals surface area contributed by atoms with Crippen molar-refractivity contribution in [2.75, 3.05) is 4.90 Å². The molecule has 7 heteroatoms. The fourth-order valence-corrected chi connectivity index (χ4v) is 4.30. The molecule has 1 amide bonds. The summed E-state index contributed by atoms with van der Waals surface area (Å²) in [5, 5.41) is 22.5. The van der Waals surface area contributed by atoms with Gasteiger partial charge < -0.3 is 14.6 Å². The summed E-state index contributed by atoms with van der Waals surface area (Å²) < 4.78 is 5.72. The van der Waals surface area contributed by atoms with Crippen LogP contribution in [0.1, 0.15) is 27.7 Å². The summed E-state index contributed by atoms with van der Waals surface area (Å²) in [6.45, 7) is 1.82. The molecule has 2 N–H and O–H groups in total. The van der Waals surface area contributed by atoms with Crippen LogP contribution >= 0.6 is 11.6 Å². The number of aryl methyl sites for hydroxylation is 1. The van der Waals surface area contributed by atoms with Crippen LogP contribution in [0.3, 0.4) is 0 Å². The van der Waals surface area contributed by atoms with Crippen molar-refractivity contribution < 1.29 is 24.2 Å². The van der Waals surface area contributed by atoms with Crippen molar-refractivity contribution in [3.63, 3.8) is 0 Å². The maximum atomic E-state index is 13.6. The van der Waals surface area contributed by atoms with Gasteiger partial charge in [0.05, 0.1) is 17.3 Å². The second-order valence-electron chi connectivity index (χ2n) is 7.86. The van der Waals surface area contributed by atoms with E-state index in [9.17, 15) is 19.8 Å². The summed E-state index contributed by atoms with van der Waals surface area (Å²) in [6, 6.07) is 19.2. The number of ketones is 1. The van der Waals surface area contributed by atoms with E-state index in [4.69, 9.17) is 16.0 Å². The Morgan fingerprint density at radius 3 is 2.52 bits per heavy atom. The van der Waals surface area contributed by atoms with Crippen LogP contribution in [0.15, 0.2) is 88.5 Å². The number of anilines is 1. The number of aliphatic hydroxyl groups excluding tert-OH is 1. The number of carbonyl (C=O) groups is 2. The highest BCUT2D eigenvalue weighted by Gasteiger charge is 2.46. The van der Waals surface area contributed by atoms with Gasteiger partial charge in [0.1, 0.15) is 11.3 Å². The number of furan rings is 1. The lowest BCUT2D eigenvalue weighted by Crippen LogP contribution is -2.31. The summed E-state index contributed by atoms with van der Waals surface area (Å²) in [5.74, 6) is -2.27. The number of benzene rings is 3. The van der Waals surface area contributed by atoms with Crippen molar-refractivity contribution in [1.29, 1.82) is 0 Å². The van der Waals surface area contributed by atoms with E-state index in [0.717, 1.165) is 5.56 Å². The number of halogens is 1. The molecule has 1 aliphatic heterocycles. The number of rotatable bonds is 4. The molecule has 0 fully saturated rings. The summed E-state index contributed by atoms with van der Waals surface area (Å²) in [5.41, 5.74) is 1.92. The van der Waals surface area contributed by atoms with Gasteiger partial charge in [0.15, 0.2) is 11.5 Å². The Morgan fingerprint density at radius 2 is 1.76 bits per heavy atom. The van der Waals surface area contributed by atoms with Crippen LogP contribution in [0.25, 0.3) is 11.0 Å². The second-order valence-corrected chi connectivity index (χ2v) is 8.30. The smallest absolute Gasteiger partial charge is 0.294 e. The van der Waals surface area contributed by atoms with E-state index in [-0.39, 0.29) is 22.8 Å². The molecular weight excluding hydrogens is 442 g/mol. The lowest BCUT2D eigenvalue weighted by Gasteiger charge is -2.27. The highest BCUT2D eigenvalue weighted by molar-refractivity contribution is 6.31. The van der Waals surface area contributed by atoms with Gasteiger partial charge >= 0.3 is 0 Å². The van der Waals surface area contributed by atoms with Crippen molar-refractivity contribution in [3.8, 4) is 5.75 Å². The van der Waals surface area contributed by atoms with Crippen LogP contribution in [-0.4, -0.2) is 21.9 Å². The van der Waals surface area contributed by atoms with Crippen molar-refractivity contribution in [3.05, 3.63) is 106 Å². The molecule has 1 aliphatic rings. The number of aromatic hydroxyl groups is 1. The summed E-state index contributed by atoms with van der Waals surface area (Å²) in [4.78, 5) is 28.0. The first-order valence-electron chi connectivity index (χ1n) is 10.2. The number of nitrogens with zero attached hydrogens (tertiary/aromatic N) is 1. The number of amides is 1. The molecule has 1 atom stereocenters. The number of hydrogen-bond donors (Lipinski definition) is 2. The third-order valence-corrected chi connectivity index (χ3v) is 5.90. The van der Waals surface area contributed by atoms with Crippen LogP contribution in [0, 0.1) is 6.92 Å². The standard InChI is InChI=1S/C26H18ClNO5/c1-14-7-9-19(29)18(11-14)28-23(15-5-3-2-4-6-15)22(25(31)26(28)32)24(30)21-13-16-12-17(27)8-10-20(16)33-21/h2-13,23,29,31H,1H3. The van der Waals surface area contributed by atoms with E-state index in [0.29, 0.717) is 21.6 Å². The maximum absolute atomic E-state index is 13.6. The zero-order valence-corrected chi connectivity index (χ0v) is 18.2. The number of Topliss-reactive ketones (excluding diaryl/α,β-unsaturated/α-hetero) is 1. The quantitative estimate of drug-likeness (QED) is 0.372. The molecule has 0 radical (unpaired) electrons. The van der Waals surface area contributed by atoms with Crippen LogP contribution in [-0.2, 0) is 4.79 Å². The molecule has 4 aromatic rings. The van der Waals surface area contributed by atoms with Crippen molar-refractivity contribution >= 4 is 39.9 Å². The first-order valence-corrected chi connectivity index (χ1v) is 10.6. The molecule has 0 bridgehead atoms. The van der Waals surface area contributed by atoms with E-state index in [2.05, 4.69) is 0 Å².